The Morgan fingerprint density at radius 1 is 1.45 bits per heavy atom. The van der Waals surface area contributed by atoms with E-state index in [1.54, 1.807) is 6.92 Å². The minimum absolute atomic E-state index is 0.0242. The predicted molar refractivity (Wildman–Crippen MR) is 71.6 cm³/mol. The lowest BCUT2D eigenvalue weighted by Gasteiger charge is -2.10. The van der Waals surface area contributed by atoms with Crippen LogP contribution in [0.5, 0.6) is 0 Å². The van der Waals surface area contributed by atoms with E-state index >= 15 is 0 Å². The molecule has 6 nitrogen and oxygen atoms in total. The number of sulfonamides is 1. The van der Waals surface area contributed by atoms with E-state index in [0.29, 0.717) is 0 Å². The van der Waals surface area contributed by atoms with Gasteiger partial charge in [-0.05, 0) is 19.1 Å². The molecule has 1 aromatic carbocycles. The highest BCUT2D eigenvalue weighted by Crippen LogP contribution is 2.18. The molecule has 0 aliphatic rings. The van der Waals surface area contributed by atoms with Crippen LogP contribution in [0.2, 0.25) is 0 Å². The molecular weight excluding hydrogens is 283 g/mol. The molecule has 0 spiro atoms. The zero-order chi connectivity index (χ0) is 14.8. The first kappa shape index (κ1) is 14.6. The highest BCUT2D eigenvalue weighted by atomic mass is 32.2. The maximum Gasteiger partial charge on any atom is 0.241 e. The summed E-state index contributed by atoms with van der Waals surface area (Å²) in [4.78, 5) is -0.138. The normalized spacial score (nSPS) is 11.8. The number of halogens is 1. The highest BCUT2D eigenvalue weighted by molar-refractivity contribution is 7.89. The van der Waals surface area contributed by atoms with Crippen LogP contribution in [0.25, 0.3) is 0 Å². The van der Waals surface area contributed by atoms with E-state index in [4.69, 9.17) is 5.73 Å². The summed E-state index contributed by atoms with van der Waals surface area (Å²) in [5.41, 5.74) is 6.88. The number of aromatic amines is 1. The van der Waals surface area contributed by atoms with Crippen LogP contribution in [0.4, 0.5) is 4.39 Å². The second-order valence-corrected chi connectivity index (χ2v) is 6.00. The maximum absolute atomic E-state index is 13.6. The topological polar surface area (TPSA) is 101 Å². The molecule has 8 heteroatoms. The maximum atomic E-state index is 13.6. The summed E-state index contributed by atoms with van der Waals surface area (Å²) in [5.74, 6) is -0.630. The third-order valence-electron chi connectivity index (χ3n) is 2.96. The van der Waals surface area contributed by atoms with Crippen molar-refractivity contribution < 1.29 is 12.8 Å². The molecule has 0 amide bonds. The molecule has 20 heavy (non-hydrogen) atoms. The molecule has 0 bridgehead atoms. The Morgan fingerprint density at radius 3 is 2.80 bits per heavy atom. The quantitative estimate of drug-likeness (QED) is 0.759. The number of aromatic nitrogens is 2. The van der Waals surface area contributed by atoms with E-state index in [-0.39, 0.29) is 23.5 Å². The molecule has 0 radical (unpaired) electrons. The van der Waals surface area contributed by atoms with E-state index in [1.807, 2.05) is 0 Å². The van der Waals surface area contributed by atoms with Crippen LogP contribution < -0.4 is 10.5 Å². The van der Waals surface area contributed by atoms with Crippen LogP contribution in [0.3, 0.4) is 0 Å². The van der Waals surface area contributed by atoms with Crippen LogP contribution in [0.1, 0.15) is 16.8 Å². The van der Waals surface area contributed by atoms with Crippen LogP contribution in [-0.2, 0) is 23.1 Å². The van der Waals surface area contributed by atoms with Gasteiger partial charge in [0.15, 0.2) is 0 Å². The monoisotopic (exact) mass is 298 g/mol. The number of nitrogens with two attached hydrogens (primary N) is 1. The number of benzene rings is 1. The van der Waals surface area contributed by atoms with Gasteiger partial charge in [-0.1, -0.05) is 6.07 Å². The smallest absolute Gasteiger partial charge is 0.241 e. The number of hydrogen-bond acceptors (Lipinski definition) is 4. The zero-order valence-corrected chi connectivity index (χ0v) is 11.7. The minimum atomic E-state index is -3.83. The Kier molecular flexibility index (Phi) is 4.17. The second-order valence-electron chi connectivity index (χ2n) is 4.27. The summed E-state index contributed by atoms with van der Waals surface area (Å²) < 4.78 is 40.4. The van der Waals surface area contributed by atoms with Gasteiger partial charge in [0.1, 0.15) is 5.82 Å². The molecule has 108 valence electrons. The summed E-state index contributed by atoms with van der Waals surface area (Å²) in [6, 6.07) is 3.85. The van der Waals surface area contributed by atoms with Gasteiger partial charge in [-0.3, -0.25) is 5.10 Å². The molecule has 0 saturated carbocycles. The van der Waals surface area contributed by atoms with Crippen LogP contribution in [0.15, 0.2) is 29.3 Å². The molecule has 0 aliphatic heterocycles. The van der Waals surface area contributed by atoms with E-state index in [9.17, 15) is 12.8 Å². The number of rotatable bonds is 5. The Hall–Kier alpha value is -1.77. The molecule has 2 rings (SSSR count). The summed E-state index contributed by atoms with van der Waals surface area (Å²) >= 11 is 0. The molecule has 1 aromatic heterocycles. The minimum Gasteiger partial charge on any atom is -0.326 e. The van der Waals surface area contributed by atoms with Crippen molar-refractivity contribution in [2.75, 3.05) is 0 Å². The van der Waals surface area contributed by atoms with Crippen molar-refractivity contribution in [3.8, 4) is 0 Å². The first-order chi connectivity index (χ1) is 9.45. The number of aryl methyl sites for hydroxylation is 1. The van der Waals surface area contributed by atoms with Crippen molar-refractivity contribution in [2.45, 2.75) is 24.9 Å². The first-order valence-electron chi connectivity index (χ1n) is 5.91. The number of nitrogens with one attached hydrogen (secondary N) is 2. The lowest BCUT2D eigenvalue weighted by Crippen LogP contribution is -2.25. The fourth-order valence-electron chi connectivity index (χ4n) is 1.79. The largest absolute Gasteiger partial charge is 0.326 e. The predicted octanol–water partition coefficient (Wildman–Crippen LogP) is 0.794. The summed E-state index contributed by atoms with van der Waals surface area (Å²) in [6.45, 7) is 1.67. The molecule has 0 fully saturated rings. The number of H-pyrrole nitrogens is 1. The van der Waals surface area contributed by atoms with Crippen molar-refractivity contribution in [3.05, 3.63) is 47.0 Å². The third-order valence-corrected chi connectivity index (χ3v) is 4.44. The Morgan fingerprint density at radius 2 is 2.20 bits per heavy atom. The lowest BCUT2D eigenvalue weighted by molar-refractivity contribution is 0.571. The van der Waals surface area contributed by atoms with Gasteiger partial charge in [0.2, 0.25) is 10.0 Å². The molecule has 1 heterocycles. The first-order valence-corrected chi connectivity index (χ1v) is 7.40. The molecule has 2 aromatic rings. The van der Waals surface area contributed by atoms with Crippen molar-refractivity contribution in [3.63, 3.8) is 0 Å². The Bertz CT molecular complexity index is 712. The highest BCUT2D eigenvalue weighted by Gasteiger charge is 2.20. The second kappa shape index (κ2) is 5.70. The van der Waals surface area contributed by atoms with Gasteiger partial charge in [-0.15, -0.1) is 0 Å². The van der Waals surface area contributed by atoms with Gasteiger partial charge in [0.05, 0.1) is 11.1 Å². The van der Waals surface area contributed by atoms with Gasteiger partial charge >= 0.3 is 0 Å². The fourth-order valence-corrected chi connectivity index (χ4v) is 3.06. The van der Waals surface area contributed by atoms with Crippen molar-refractivity contribution in [1.82, 2.24) is 14.9 Å². The third kappa shape index (κ3) is 2.87. The van der Waals surface area contributed by atoms with E-state index in [1.165, 1.54) is 24.4 Å². The molecule has 0 saturated heterocycles. The summed E-state index contributed by atoms with van der Waals surface area (Å²) in [6.07, 6.45) is 1.53. The average molecular weight is 298 g/mol. The molecule has 0 unspecified atom stereocenters. The van der Waals surface area contributed by atoms with Gasteiger partial charge in [-0.2, -0.15) is 5.10 Å². The number of nitrogens with zero attached hydrogens (tertiary/aromatic N) is 1. The van der Waals surface area contributed by atoms with Crippen LogP contribution in [0, 0.1) is 12.7 Å². The SMILES string of the molecule is Cc1[nH]ncc1CNS(=O)(=O)c1cccc(F)c1CN. The van der Waals surface area contributed by atoms with E-state index < -0.39 is 15.8 Å². The molecule has 0 atom stereocenters. The van der Waals surface area contributed by atoms with Gasteiger partial charge < -0.3 is 5.73 Å². The lowest BCUT2D eigenvalue weighted by atomic mass is 10.2. The van der Waals surface area contributed by atoms with Crippen LogP contribution >= 0.6 is 0 Å². The Labute approximate surface area is 116 Å². The summed E-state index contributed by atoms with van der Waals surface area (Å²) in [5, 5.41) is 6.51. The summed E-state index contributed by atoms with van der Waals surface area (Å²) in [7, 11) is -3.83. The molecule has 4 N–H and O–H groups in total. The van der Waals surface area contributed by atoms with Crippen LogP contribution in [-0.4, -0.2) is 18.6 Å². The van der Waals surface area contributed by atoms with E-state index in [0.717, 1.165) is 11.3 Å². The number of hydrogen-bond donors (Lipinski definition) is 3. The fraction of sp³-hybridized carbons (Fsp3) is 0.250. The van der Waals surface area contributed by atoms with Gasteiger partial charge in [0, 0.05) is 29.9 Å². The van der Waals surface area contributed by atoms with Crippen molar-refractivity contribution in [2.24, 2.45) is 5.73 Å². The molecular formula is C12H15FN4O2S. The van der Waals surface area contributed by atoms with Crippen molar-refractivity contribution >= 4 is 10.0 Å². The zero-order valence-electron chi connectivity index (χ0n) is 10.9. The molecule has 0 aliphatic carbocycles. The average Bonchev–Trinajstić information content (AvgIpc) is 2.82. The van der Waals surface area contributed by atoms with Gasteiger partial charge in [-0.25, -0.2) is 17.5 Å². The van der Waals surface area contributed by atoms with Gasteiger partial charge in [0.25, 0.3) is 0 Å². The Balaban J connectivity index is 2.27. The standard InChI is InChI=1S/C12H15FN4O2S/c1-8-9(6-15-17-8)7-16-20(18,19)12-4-2-3-11(13)10(12)5-14/h2-4,6,16H,5,7,14H2,1H3,(H,15,17). The van der Waals surface area contributed by atoms with Crippen molar-refractivity contribution in [1.29, 1.82) is 0 Å². The van der Waals surface area contributed by atoms with E-state index in [2.05, 4.69) is 14.9 Å².